The average Bonchev–Trinajstić information content (AvgIpc) is 0.717. The summed E-state index contributed by atoms with van der Waals surface area (Å²) in [7, 11) is 0. The van der Waals surface area contributed by atoms with E-state index in [0.29, 0.717) is 11.4 Å². The van der Waals surface area contributed by atoms with Gasteiger partial charge >= 0.3 is 0 Å². The van der Waals surface area contributed by atoms with E-state index in [1.807, 2.05) is 0 Å². The Morgan fingerprint density at radius 2 is 0.533 bits per heavy atom. The highest BCUT2D eigenvalue weighted by atomic mass is 19.1. The number of hydrogen-bond acceptors (Lipinski definition) is 2. The molecule has 454 valence electrons. The molecule has 0 spiro atoms. The van der Waals surface area contributed by atoms with Crippen LogP contribution in [0.15, 0.2) is 255 Å². The Hall–Kier alpha value is -9.90. The van der Waals surface area contributed by atoms with Gasteiger partial charge in [-0.05, 0) is 158 Å². The van der Waals surface area contributed by atoms with Crippen LogP contribution in [0.4, 0.5) is 42.9 Å². The summed E-state index contributed by atoms with van der Waals surface area (Å²) in [5, 5.41) is 10.1. The molecule has 0 saturated heterocycles. The van der Waals surface area contributed by atoms with Crippen LogP contribution >= 0.6 is 0 Å². The van der Waals surface area contributed by atoms with Gasteiger partial charge in [0.15, 0.2) is 0 Å². The van der Waals surface area contributed by atoms with Crippen molar-refractivity contribution < 1.29 is 8.78 Å². The maximum absolute atomic E-state index is 18.8. The fourth-order valence-corrected chi connectivity index (χ4v) is 13.8. The van der Waals surface area contributed by atoms with E-state index in [0.717, 1.165) is 121 Å². The van der Waals surface area contributed by atoms with Crippen molar-refractivity contribution >= 4 is 88.0 Å². The van der Waals surface area contributed by atoms with E-state index < -0.39 is 0 Å². The monoisotopic (exact) mass is 1200 g/mol. The SMILES string of the molecule is CC(C)(C)c1ccc(-c2cc(F)c(N(c3cccc4ccccc34)c3ccc4ccc5c(N(c6c(F)cc(-c7ccc(C(C)(C)C)cc7)cc6-c6ccc(C(C)(C)C)cc6)c6cccc7ccccc67)ccc6ccc3c4c65)c(-c3ccc(C(C)(C)C)cc3)c2)cc1. The first-order valence-corrected chi connectivity index (χ1v) is 32.3. The lowest BCUT2D eigenvalue weighted by molar-refractivity contribution is 0.590. The lowest BCUT2D eigenvalue weighted by atomic mass is 9.85. The Bertz CT molecular complexity index is 4790. The van der Waals surface area contributed by atoms with Crippen molar-refractivity contribution in [2.45, 2.75) is 105 Å². The fourth-order valence-electron chi connectivity index (χ4n) is 13.8. The molecule has 0 heterocycles. The second-order valence-corrected chi connectivity index (χ2v) is 29.3. The Morgan fingerprint density at radius 1 is 0.239 bits per heavy atom. The van der Waals surface area contributed by atoms with E-state index in [1.54, 1.807) is 12.1 Å². The molecule has 0 aromatic heterocycles. The highest BCUT2D eigenvalue weighted by Gasteiger charge is 2.31. The molecule has 14 rings (SSSR count). The van der Waals surface area contributed by atoms with Crippen LogP contribution in [0.5, 0.6) is 0 Å². The van der Waals surface area contributed by atoms with Crippen LogP contribution < -0.4 is 9.80 Å². The number of anilines is 6. The van der Waals surface area contributed by atoms with Crippen molar-refractivity contribution in [2.24, 2.45) is 0 Å². The van der Waals surface area contributed by atoms with E-state index in [2.05, 4.69) is 336 Å². The van der Waals surface area contributed by atoms with Crippen molar-refractivity contribution in [3.8, 4) is 44.5 Å². The predicted octanol–water partition coefficient (Wildman–Crippen LogP) is 26.0. The zero-order valence-corrected chi connectivity index (χ0v) is 54.9. The Morgan fingerprint density at radius 3 is 0.870 bits per heavy atom. The van der Waals surface area contributed by atoms with Crippen molar-refractivity contribution in [3.05, 3.63) is 289 Å². The summed E-state index contributed by atoms with van der Waals surface area (Å²) in [5.74, 6) is -0.689. The van der Waals surface area contributed by atoms with E-state index in [-0.39, 0.29) is 33.3 Å². The molecule has 0 N–H and O–H groups in total. The second kappa shape index (κ2) is 22.5. The van der Waals surface area contributed by atoms with Crippen LogP contribution in [-0.4, -0.2) is 0 Å². The number of rotatable bonds is 10. The maximum atomic E-state index is 18.8. The van der Waals surface area contributed by atoms with E-state index in [4.69, 9.17) is 0 Å². The first kappa shape index (κ1) is 59.7. The number of hydrogen-bond donors (Lipinski definition) is 0. The van der Waals surface area contributed by atoms with Gasteiger partial charge in [0.25, 0.3) is 0 Å². The van der Waals surface area contributed by atoms with Gasteiger partial charge in [0, 0.05) is 32.7 Å². The fraction of sp³-hybridized carbons (Fsp3) is 0.182. The third kappa shape index (κ3) is 10.7. The van der Waals surface area contributed by atoms with E-state index >= 15 is 8.78 Å². The molecule has 4 heteroatoms. The van der Waals surface area contributed by atoms with Crippen molar-refractivity contribution in [2.75, 3.05) is 9.80 Å². The van der Waals surface area contributed by atoms with Gasteiger partial charge < -0.3 is 9.80 Å². The molecule has 14 aromatic carbocycles. The van der Waals surface area contributed by atoms with Gasteiger partial charge in [0.2, 0.25) is 0 Å². The van der Waals surface area contributed by atoms with Gasteiger partial charge in [-0.25, -0.2) is 8.78 Å². The number of benzene rings is 14. The molecular weight excluding hydrogens is 1120 g/mol. The Labute approximate surface area is 541 Å². The normalized spacial score (nSPS) is 12.5. The molecule has 0 fully saturated rings. The zero-order chi connectivity index (χ0) is 64.2. The maximum Gasteiger partial charge on any atom is 0.148 e. The molecule has 0 aliphatic rings. The van der Waals surface area contributed by atoms with E-state index in [9.17, 15) is 0 Å². The molecule has 0 unspecified atom stereocenters. The molecule has 0 amide bonds. The van der Waals surface area contributed by atoms with Crippen LogP contribution in [0, 0.1) is 11.6 Å². The topological polar surface area (TPSA) is 6.48 Å². The first-order valence-electron chi connectivity index (χ1n) is 32.3. The largest absolute Gasteiger partial charge is 0.306 e. The first-order chi connectivity index (χ1) is 44.0. The lowest BCUT2D eigenvalue weighted by Crippen LogP contribution is -2.15. The molecule has 0 bridgehead atoms. The zero-order valence-electron chi connectivity index (χ0n) is 54.9. The molecule has 2 nitrogen and oxygen atoms in total. The van der Waals surface area contributed by atoms with Gasteiger partial charge in [0.1, 0.15) is 11.6 Å². The van der Waals surface area contributed by atoms with Crippen LogP contribution in [-0.2, 0) is 21.7 Å². The highest BCUT2D eigenvalue weighted by Crippen LogP contribution is 2.54. The Kier molecular flexibility index (Phi) is 14.6. The van der Waals surface area contributed by atoms with Gasteiger partial charge in [-0.1, -0.05) is 289 Å². The summed E-state index contributed by atoms with van der Waals surface area (Å²) >= 11 is 0. The third-order valence-electron chi connectivity index (χ3n) is 19.0. The molecule has 0 radical (unpaired) electrons. The quantitative estimate of drug-likeness (QED) is 0.126. The van der Waals surface area contributed by atoms with Crippen LogP contribution in [0.2, 0.25) is 0 Å². The van der Waals surface area contributed by atoms with Crippen molar-refractivity contribution in [3.63, 3.8) is 0 Å². The molecule has 0 atom stereocenters. The molecule has 0 aliphatic heterocycles. The standard InChI is InChI=1S/C88H78F2N2/c1-85(2,3)65-39-27-55(28-40-65)63-51-73(59-31-43-67(44-32-59)87(7,8)9)83(75(89)53-63)91(77-25-17-21-57-19-13-15-23-69(57)77)79-49-37-61-36-48-72-80(50-38-62-35-47-71(79)81(61)82(62)72)92(78-26-18-22-58-20-14-16-24-70(58)78)84-74(60-33-45-68(46-34-60)88(10,11)12)52-64(54-76(84)90)56-29-41-66(42-30-56)86(4,5)6/h13-54H,1-12H3. The third-order valence-corrected chi connectivity index (χ3v) is 19.0. The second-order valence-electron chi connectivity index (χ2n) is 29.3. The molecule has 0 aliphatic carbocycles. The van der Waals surface area contributed by atoms with Crippen LogP contribution in [0.25, 0.3) is 98.4 Å². The van der Waals surface area contributed by atoms with E-state index in [1.165, 1.54) is 22.3 Å². The average molecular weight is 1200 g/mol. The highest BCUT2D eigenvalue weighted by molar-refractivity contribution is 6.29. The minimum Gasteiger partial charge on any atom is -0.306 e. The smallest absolute Gasteiger partial charge is 0.148 e. The predicted molar refractivity (Wildman–Crippen MR) is 391 cm³/mol. The summed E-state index contributed by atoms with van der Waals surface area (Å²) in [6.45, 7) is 26.7. The number of halogens is 2. The Balaban J connectivity index is 1.04. The number of fused-ring (bicyclic) bond motifs is 2. The van der Waals surface area contributed by atoms with Crippen LogP contribution in [0.3, 0.4) is 0 Å². The summed E-state index contributed by atoms with van der Waals surface area (Å²) in [6.07, 6.45) is 0. The minimum absolute atomic E-state index is 0.0433. The molecule has 14 aromatic rings. The van der Waals surface area contributed by atoms with Gasteiger partial charge in [0.05, 0.1) is 34.1 Å². The molecule has 0 saturated carbocycles. The molecule has 92 heavy (non-hydrogen) atoms. The summed E-state index contributed by atoms with van der Waals surface area (Å²) in [6, 6.07) is 89.4. The van der Waals surface area contributed by atoms with Crippen molar-refractivity contribution in [1.82, 2.24) is 0 Å². The molecular formula is C88H78F2N2. The van der Waals surface area contributed by atoms with Crippen molar-refractivity contribution in [1.29, 1.82) is 0 Å². The van der Waals surface area contributed by atoms with Gasteiger partial charge in [-0.15, -0.1) is 0 Å². The minimum atomic E-state index is -0.345. The van der Waals surface area contributed by atoms with Gasteiger partial charge in [-0.2, -0.15) is 0 Å². The number of nitrogens with zero attached hydrogens (tertiary/aromatic N) is 2. The van der Waals surface area contributed by atoms with Gasteiger partial charge in [-0.3, -0.25) is 0 Å². The summed E-state index contributed by atoms with van der Waals surface area (Å²) in [4.78, 5) is 4.36. The lowest BCUT2D eigenvalue weighted by Gasteiger charge is -2.32. The summed E-state index contributed by atoms with van der Waals surface area (Å²) in [5.41, 5.74) is 15.6. The van der Waals surface area contributed by atoms with Crippen LogP contribution in [0.1, 0.15) is 105 Å². The summed E-state index contributed by atoms with van der Waals surface area (Å²) < 4.78 is 37.5.